The highest BCUT2D eigenvalue weighted by Crippen LogP contribution is 2.24. The van der Waals surface area contributed by atoms with Crippen LogP contribution in [0.1, 0.15) is 11.3 Å². The molecule has 3 rings (SSSR count). The maximum absolute atomic E-state index is 12.4. The van der Waals surface area contributed by atoms with E-state index in [1.807, 2.05) is 24.4 Å². The first kappa shape index (κ1) is 15.5. The number of rotatable bonds is 4. The van der Waals surface area contributed by atoms with Gasteiger partial charge in [-0.2, -0.15) is 0 Å². The first-order chi connectivity index (χ1) is 10.5. The number of benzene rings is 1. The second kappa shape index (κ2) is 6.36. The summed E-state index contributed by atoms with van der Waals surface area (Å²) in [7, 11) is -3.35. The van der Waals surface area contributed by atoms with Crippen molar-refractivity contribution in [1.82, 2.24) is 4.98 Å². The van der Waals surface area contributed by atoms with Crippen LogP contribution in [0.5, 0.6) is 0 Å². The molecular weight excluding hydrogens is 320 g/mol. The average Bonchev–Trinajstić information content (AvgIpc) is 2.96. The van der Waals surface area contributed by atoms with Crippen molar-refractivity contribution >= 4 is 26.3 Å². The highest BCUT2D eigenvalue weighted by molar-refractivity contribution is 7.90. The lowest BCUT2D eigenvalue weighted by Gasteiger charge is -2.26. The minimum Gasteiger partial charge on any atom is -0.378 e. The van der Waals surface area contributed by atoms with E-state index in [4.69, 9.17) is 4.74 Å². The Balaban J connectivity index is 1.75. The number of aryl methyl sites for hydroxylation is 1. The fourth-order valence-electron chi connectivity index (χ4n) is 2.29. The Bertz CT molecular complexity index is 732. The number of aromatic nitrogens is 1. The highest BCUT2D eigenvalue weighted by atomic mass is 32.2. The molecule has 0 N–H and O–H groups in total. The Morgan fingerprint density at radius 1 is 1.23 bits per heavy atom. The summed E-state index contributed by atoms with van der Waals surface area (Å²) in [5, 5.41) is 2.70. The summed E-state index contributed by atoms with van der Waals surface area (Å²) in [6.07, 6.45) is 0. The molecule has 0 saturated carbocycles. The Labute approximate surface area is 134 Å². The molecule has 1 aliphatic heterocycles. The molecule has 1 aromatic carbocycles. The highest BCUT2D eigenvalue weighted by Gasteiger charge is 2.19. The maximum Gasteiger partial charge on any atom is 0.185 e. The van der Waals surface area contributed by atoms with Crippen LogP contribution in [0.2, 0.25) is 0 Å². The van der Waals surface area contributed by atoms with E-state index in [1.54, 1.807) is 12.1 Å². The molecule has 0 bridgehead atoms. The van der Waals surface area contributed by atoms with Gasteiger partial charge < -0.3 is 9.64 Å². The number of hydrogen-bond donors (Lipinski definition) is 0. The fourth-order valence-corrected chi connectivity index (χ4v) is 4.53. The first-order valence-corrected chi connectivity index (χ1v) is 9.64. The normalized spacial score (nSPS) is 16.0. The Kier molecular flexibility index (Phi) is 4.46. The lowest BCUT2D eigenvalue weighted by molar-refractivity contribution is 0.122. The van der Waals surface area contributed by atoms with Crippen molar-refractivity contribution in [3.63, 3.8) is 0 Å². The number of anilines is 1. The van der Waals surface area contributed by atoms with Gasteiger partial charge in [0.05, 0.1) is 29.6 Å². The monoisotopic (exact) mass is 338 g/mol. The van der Waals surface area contributed by atoms with Crippen LogP contribution in [0, 0.1) is 6.92 Å². The minimum atomic E-state index is -3.35. The minimum absolute atomic E-state index is 0.0586. The van der Waals surface area contributed by atoms with Gasteiger partial charge in [-0.1, -0.05) is 17.7 Å². The van der Waals surface area contributed by atoms with Gasteiger partial charge >= 0.3 is 0 Å². The molecule has 2 aromatic rings. The first-order valence-electron chi connectivity index (χ1n) is 7.11. The van der Waals surface area contributed by atoms with Crippen molar-refractivity contribution in [2.75, 3.05) is 31.2 Å². The number of thiazole rings is 1. The van der Waals surface area contributed by atoms with Gasteiger partial charge in [-0.05, 0) is 19.1 Å². The molecule has 1 aliphatic rings. The van der Waals surface area contributed by atoms with Crippen molar-refractivity contribution in [2.24, 2.45) is 0 Å². The van der Waals surface area contributed by atoms with Crippen molar-refractivity contribution in [3.05, 3.63) is 40.9 Å². The number of hydrogen-bond acceptors (Lipinski definition) is 6. The summed E-state index contributed by atoms with van der Waals surface area (Å²) in [5.74, 6) is -0.0586. The van der Waals surface area contributed by atoms with E-state index in [0.29, 0.717) is 23.8 Å². The van der Waals surface area contributed by atoms with Gasteiger partial charge in [0.1, 0.15) is 0 Å². The zero-order valence-electron chi connectivity index (χ0n) is 12.4. The molecule has 2 heterocycles. The summed E-state index contributed by atoms with van der Waals surface area (Å²) in [5.41, 5.74) is 1.65. The van der Waals surface area contributed by atoms with E-state index in [0.717, 1.165) is 23.8 Å². The van der Waals surface area contributed by atoms with Crippen LogP contribution in [-0.4, -0.2) is 39.7 Å². The zero-order valence-corrected chi connectivity index (χ0v) is 14.0. The largest absolute Gasteiger partial charge is 0.378 e. The third kappa shape index (κ3) is 3.48. The average molecular weight is 338 g/mol. The third-order valence-electron chi connectivity index (χ3n) is 3.54. The summed E-state index contributed by atoms with van der Waals surface area (Å²) in [6.45, 7) is 4.92. The molecule has 0 radical (unpaired) electrons. The fraction of sp³-hybridized carbons (Fsp3) is 0.400. The number of ether oxygens (including phenoxy) is 1. The van der Waals surface area contributed by atoms with Gasteiger partial charge in [0, 0.05) is 18.5 Å². The molecule has 1 fully saturated rings. The molecule has 0 unspecified atom stereocenters. The van der Waals surface area contributed by atoms with Gasteiger partial charge in [-0.25, -0.2) is 13.4 Å². The van der Waals surface area contributed by atoms with Crippen LogP contribution in [0.25, 0.3) is 0 Å². The lowest BCUT2D eigenvalue weighted by Crippen LogP contribution is -2.36. The van der Waals surface area contributed by atoms with Crippen molar-refractivity contribution in [2.45, 2.75) is 17.6 Å². The van der Waals surface area contributed by atoms with E-state index in [9.17, 15) is 8.42 Å². The summed E-state index contributed by atoms with van der Waals surface area (Å²) < 4.78 is 30.2. The van der Waals surface area contributed by atoms with Crippen molar-refractivity contribution < 1.29 is 13.2 Å². The van der Waals surface area contributed by atoms with Crippen LogP contribution in [0.4, 0.5) is 5.13 Å². The number of morpholine rings is 1. The molecule has 0 atom stereocenters. The van der Waals surface area contributed by atoms with Crippen LogP contribution in [0.3, 0.4) is 0 Å². The van der Waals surface area contributed by atoms with E-state index in [1.165, 1.54) is 11.3 Å². The van der Waals surface area contributed by atoms with Gasteiger partial charge in [0.15, 0.2) is 15.0 Å². The van der Waals surface area contributed by atoms with Gasteiger partial charge in [0.2, 0.25) is 0 Å². The summed E-state index contributed by atoms with van der Waals surface area (Å²) in [4.78, 5) is 6.95. The summed E-state index contributed by atoms with van der Waals surface area (Å²) in [6, 6.07) is 6.93. The SMILES string of the molecule is Cc1ccc(S(=O)(=O)Cc2csc(N3CCOCC3)n2)cc1. The quantitative estimate of drug-likeness (QED) is 0.856. The van der Waals surface area contributed by atoms with Gasteiger partial charge in [-0.3, -0.25) is 0 Å². The Morgan fingerprint density at radius 3 is 2.59 bits per heavy atom. The molecule has 22 heavy (non-hydrogen) atoms. The molecule has 1 aromatic heterocycles. The molecule has 7 heteroatoms. The molecule has 5 nitrogen and oxygen atoms in total. The van der Waals surface area contributed by atoms with Crippen LogP contribution in [-0.2, 0) is 20.3 Å². The molecule has 1 saturated heterocycles. The van der Waals surface area contributed by atoms with Gasteiger partial charge in [0.25, 0.3) is 0 Å². The standard InChI is InChI=1S/C15H18N2O3S2/c1-12-2-4-14(5-3-12)22(18,19)11-13-10-21-15(16-13)17-6-8-20-9-7-17/h2-5,10H,6-9,11H2,1H3. The van der Waals surface area contributed by atoms with Crippen LogP contribution in [0.15, 0.2) is 34.5 Å². The molecule has 0 aliphatic carbocycles. The lowest BCUT2D eigenvalue weighted by atomic mass is 10.2. The topological polar surface area (TPSA) is 59.5 Å². The van der Waals surface area contributed by atoms with E-state index < -0.39 is 9.84 Å². The van der Waals surface area contributed by atoms with Gasteiger partial charge in [-0.15, -0.1) is 11.3 Å². The Hall–Kier alpha value is -1.44. The maximum atomic E-state index is 12.4. The smallest absolute Gasteiger partial charge is 0.185 e. The Morgan fingerprint density at radius 2 is 1.91 bits per heavy atom. The number of sulfone groups is 1. The van der Waals surface area contributed by atoms with Crippen LogP contribution < -0.4 is 4.90 Å². The van der Waals surface area contributed by atoms with E-state index >= 15 is 0 Å². The molecule has 118 valence electrons. The summed E-state index contributed by atoms with van der Waals surface area (Å²) >= 11 is 1.49. The van der Waals surface area contributed by atoms with Crippen molar-refractivity contribution in [3.8, 4) is 0 Å². The molecular formula is C15H18N2O3S2. The zero-order chi connectivity index (χ0) is 15.6. The third-order valence-corrected chi connectivity index (χ3v) is 6.16. The van der Waals surface area contributed by atoms with Crippen molar-refractivity contribution in [1.29, 1.82) is 0 Å². The second-order valence-electron chi connectivity index (χ2n) is 5.29. The molecule has 0 amide bonds. The number of nitrogens with zero attached hydrogens (tertiary/aromatic N) is 2. The molecule has 0 spiro atoms. The predicted octanol–water partition coefficient (Wildman–Crippen LogP) is 2.26. The van der Waals surface area contributed by atoms with Crippen LogP contribution >= 0.6 is 11.3 Å². The second-order valence-corrected chi connectivity index (χ2v) is 8.12. The van der Waals surface area contributed by atoms with E-state index in [-0.39, 0.29) is 5.75 Å². The van der Waals surface area contributed by atoms with E-state index in [2.05, 4.69) is 9.88 Å². The predicted molar refractivity (Wildman–Crippen MR) is 87.2 cm³/mol.